The van der Waals surface area contributed by atoms with Gasteiger partial charge in [-0.2, -0.15) is 0 Å². The number of hydrogen-bond donors (Lipinski definition) is 0. The predicted octanol–water partition coefficient (Wildman–Crippen LogP) is -47.0. The normalized spacial score (nSPS) is 32.8. The van der Waals surface area contributed by atoms with Crippen molar-refractivity contribution in [3.05, 3.63) is 10.4 Å². The zero-order valence-electron chi connectivity index (χ0n) is 76.4. The molecule has 0 aromatic heterocycles. The van der Waals surface area contributed by atoms with Crippen molar-refractivity contribution < 1.29 is 645 Å². The summed E-state index contributed by atoms with van der Waals surface area (Å²) in [5.74, 6) is 1.54. The second-order valence-electron chi connectivity index (χ2n) is 29.6. The Labute approximate surface area is 1090 Å². The van der Waals surface area contributed by atoms with Crippen LogP contribution in [0.25, 0.3) is 10.4 Å². The molecule has 63 nitrogen and oxygen atoms in total. The van der Waals surface area contributed by atoms with E-state index in [0.717, 1.165) is 44.9 Å². The molecule has 0 amide bonds. The Morgan fingerprint density at radius 3 is 0.885 bits per heavy atom. The van der Waals surface area contributed by atoms with E-state index in [9.17, 15) is 169 Å². The first kappa shape index (κ1) is 160. The third kappa shape index (κ3) is 54.1. The van der Waals surface area contributed by atoms with Gasteiger partial charge in [-0.3, -0.25) is 54.4 Å². The monoisotopic (exact) mass is 2390 g/mol. The predicted molar refractivity (Wildman–Crippen MR) is 365 cm³/mol. The molecule has 738 valence electrons. The fourth-order valence-corrected chi connectivity index (χ4v) is 23.0. The van der Waals surface area contributed by atoms with Crippen LogP contribution in [0.4, 0.5) is 0 Å². The maximum atomic E-state index is 13.0. The van der Waals surface area contributed by atoms with E-state index >= 15 is 0 Å². The molecule has 8 rings (SSSR count). The van der Waals surface area contributed by atoms with Crippen molar-refractivity contribution in [3.8, 4) is 0 Å². The summed E-state index contributed by atoms with van der Waals surface area (Å²) in [7, 11) is -88.0. The molecule has 8 fully saturated rings. The van der Waals surface area contributed by atoms with E-state index in [4.69, 9.17) is 43.4 Å². The van der Waals surface area contributed by atoms with Crippen LogP contribution < -0.4 is 384 Å². The van der Waals surface area contributed by atoms with E-state index in [0.29, 0.717) is 43.1 Å². The van der Waals surface area contributed by atoms with Gasteiger partial charge in [0.15, 0.2) is 49.6 Å². The number of azide groups is 1. The molecule has 139 heavy (non-hydrogen) atoms. The van der Waals surface area contributed by atoms with Crippen molar-refractivity contribution in [2.45, 2.75) is 227 Å². The second kappa shape index (κ2) is 65.7. The summed E-state index contributed by atoms with van der Waals surface area (Å²) in [6.07, 6.45) is -68.3. The fourth-order valence-electron chi connectivity index (χ4n) is 17.4. The molecule has 8 aliphatic rings. The Morgan fingerprint density at radius 2 is 0.590 bits per heavy atom. The average molecular weight is 2390 g/mol. The van der Waals surface area contributed by atoms with E-state index < -0.39 is 296 Å². The van der Waals surface area contributed by atoms with Crippen LogP contribution in [-0.2, 0) is 227 Å². The van der Waals surface area contributed by atoms with Gasteiger partial charge in [0.05, 0.1) is 32.5 Å². The Kier molecular flexibility index (Phi) is 75.6. The number of ether oxygens (including phenoxy) is 8. The summed E-state index contributed by atoms with van der Waals surface area (Å²) >= 11 is 0. The van der Waals surface area contributed by atoms with E-state index in [1.165, 1.54) is 0 Å². The minimum absolute atomic E-state index is 0. The topological polar surface area (TPSA) is 986 Å². The minimum Gasteiger partial charge on any atom is -0.726 e. The van der Waals surface area contributed by atoms with Gasteiger partial charge < -0.3 is 97.1 Å². The van der Waals surface area contributed by atoms with Gasteiger partial charge in [0, 0.05) is 11.5 Å². The van der Waals surface area contributed by atoms with Gasteiger partial charge in [0.25, 0.3) is 0 Å². The van der Waals surface area contributed by atoms with Crippen LogP contribution in [0.3, 0.4) is 0 Å². The summed E-state index contributed by atoms with van der Waals surface area (Å²) in [4.78, 5) is 2.82. The van der Waals surface area contributed by atoms with Crippen molar-refractivity contribution in [1.82, 2.24) is 0 Å². The Hall–Kier alpha value is 10.3. The summed E-state index contributed by atoms with van der Waals surface area (Å²) in [5.41, 5.74) is 8.24. The SMILES string of the molecule is C[C@H](CCC[C@@H](C)[C@H]1CC[C@@H]2C1CC[C@H]1[C@H]2CC[C@H]2C[C@@H](O[C@@H]3O[C@H](COS(=O)(=O)[O-])[C@@H](O[C@H]4O[C@H](COS(=O)(=O)[O-])[C@@H](O[C@H]5O[C@H](COS(=O)(=O)[O-])[C@@H](O[C@H]6O[C@H](COS(=O)(=O)[O-])[C@@H](OS(=O)(=O)[O-])[C@H](OS(=O)(=O)[O-])[C@H]6OS(=O)(=O)[O-])[C@H](OS(=O)(=O)[O-])[C@H]5OS(=O)(=O)[O-])[C@H](OS(=O)(=O)[O-])[C@H]4OS(=O)(=O)[O-])[C@H](OS(=O)(=O)[O-])[C@H]3OS(=O)(=O)[O-])CC[C@@]21C)CN=[N+]=[N-].[Na+].[Na+].[Na+].[Na+].[Na+].[Na+].[Na+].[Na+].[Na+].[Na+].[Na+].[Na+].[Na+]. The van der Waals surface area contributed by atoms with Crippen LogP contribution >= 0.6 is 0 Å². The summed E-state index contributed by atoms with van der Waals surface area (Å²) in [6, 6.07) is 0. The molecule has 4 aliphatic carbocycles. The Balaban J connectivity index is -0.00000340. The Bertz CT molecular complexity index is 5500. The van der Waals surface area contributed by atoms with Gasteiger partial charge in [0.2, 0.25) is 135 Å². The van der Waals surface area contributed by atoms with E-state index in [-0.39, 0.29) is 427 Å². The molecule has 0 spiro atoms. The van der Waals surface area contributed by atoms with Gasteiger partial charge in [-0.25, -0.2) is 109 Å². The maximum Gasteiger partial charge on any atom is 1.00 e. The van der Waals surface area contributed by atoms with Crippen molar-refractivity contribution >= 4 is 135 Å². The molecular formula is C50H72N3Na13O60S13. The molecule has 0 aromatic carbocycles. The molecule has 4 saturated carbocycles. The molecule has 0 aromatic rings. The first-order chi connectivity index (χ1) is 57.1. The van der Waals surface area contributed by atoms with E-state index in [1.807, 2.05) is 13.8 Å². The van der Waals surface area contributed by atoms with Crippen molar-refractivity contribution in [2.24, 2.45) is 57.9 Å². The van der Waals surface area contributed by atoms with E-state index in [2.05, 4.69) is 71.3 Å². The minimum atomic E-state index is -7.14. The molecule has 4 aliphatic heterocycles. The molecule has 0 N–H and O–H groups in total. The molecule has 4 saturated heterocycles. The van der Waals surface area contributed by atoms with Crippen LogP contribution in [-0.4, -0.2) is 331 Å². The molecule has 0 radical (unpaired) electrons. The summed E-state index contributed by atoms with van der Waals surface area (Å²) in [5, 5.41) is 3.65. The number of rotatable bonds is 45. The van der Waals surface area contributed by atoms with Crippen molar-refractivity contribution in [3.63, 3.8) is 0 Å². The van der Waals surface area contributed by atoms with Crippen LogP contribution in [0.15, 0.2) is 5.11 Å². The van der Waals surface area contributed by atoms with Gasteiger partial charge >= 0.3 is 384 Å². The number of nitrogens with zero attached hydrogens (tertiary/aromatic N) is 3. The maximum absolute atomic E-state index is 13.0. The second-order valence-corrected chi connectivity index (χ2v) is 42.9. The van der Waals surface area contributed by atoms with Crippen LogP contribution in [0.5, 0.6) is 0 Å². The molecule has 4 heterocycles. The standard InChI is InChI=1S/C50H85N3O60S13.13Na/c1-21(16-52-53-51)5-4-6-22(2)25-9-10-27-26(25)11-12-29-28(27)8-7-23-15-24(13-14-50(23,29)3)97-46-42(110-123(81,82)83)38(106-119(69,70)71)34(30(98-46)17-93-114(54,55)56)102-47-43(111-124(84,85)86)39(107-120(72,73)74)35(31(99-47)18-94-115(57,58)59)103-48-44(112-125(87,88)89)40(108-121(75,76)77)36(32(100-48)19-95-116(60,61)62)104-49-45(113-126(90,91)92)41(109-122(78,79)80)37(105-118(66,67)68)33(101-49)20-96-117(63,64)65;;;;;;;;;;;;;/h21-49H,4-20H2,1-3H3,(H,54,55,56)(H,57,58,59)(H,60,61,62)(H,63,64,65)(H,66,67,68)(H,69,70,71)(H,72,73,74)(H,75,76,77)(H,78,79,80)(H,81,82,83)(H,84,85,86)(H,87,88,89)(H,90,91,92);;;;;;;;;;;;;/q;13*+1/p-13/t21-,22-,23+,24+,25-,26?,27-,28+,29+,30-,31-,32-,33-,34-,35-,36-,37-,38+,39+,40+,41+,42-,43-,44-,45-,46-,47-,48-,49-,50+;;;;;;;;;;;;;/m1............./s1. The van der Waals surface area contributed by atoms with Crippen molar-refractivity contribution in [2.75, 3.05) is 33.0 Å². The molecule has 30 atom stereocenters. The van der Waals surface area contributed by atoms with Gasteiger partial charge in [0.1, 0.15) is 73.2 Å². The fraction of sp³-hybridized carbons (Fsp3) is 1.00. The largest absolute Gasteiger partial charge is 1.00 e. The number of fused-ring (bicyclic) bond motifs is 5. The Morgan fingerprint density at radius 1 is 0.324 bits per heavy atom. The first-order valence-corrected chi connectivity index (χ1v) is 52.9. The smallest absolute Gasteiger partial charge is 0.726 e. The zero-order chi connectivity index (χ0) is 95.0. The van der Waals surface area contributed by atoms with Crippen LogP contribution in [0, 0.1) is 52.8 Å². The summed E-state index contributed by atoms with van der Waals surface area (Å²) < 4.78 is 585. The third-order valence-electron chi connectivity index (χ3n) is 21.7. The molecule has 89 heteroatoms. The number of hydrogen-bond acceptors (Lipinski definition) is 61. The third-order valence-corrected chi connectivity index (χ3v) is 27.5. The zero-order valence-corrected chi connectivity index (χ0v) is 113. The molecular weight excluding hydrogens is 2320 g/mol. The molecule has 1 unspecified atom stereocenters. The van der Waals surface area contributed by atoms with Gasteiger partial charge in [-0.1, -0.05) is 45.1 Å². The van der Waals surface area contributed by atoms with Gasteiger partial charge in [-0.05, 0) is 116 Å². The quantitative estimate of drug-likeness (QED) is 0.0104. The molecule has 0 bridgehead atoms. The van der Waals surface area contributed by atoms with E-state index in [1.54, 1.807) is 0 Å². The summed E-state index contributed by atoms with van der Waals surface area (Å²) in [6.45, 7) is -2.99. The van der Waals surface area contributed by atoms with Crippen LogP contribution in [0.1, 0.15) is 97.8 Å². The van der Waals surface area contributed by atoms with Crippen molar-refractivity contribution in [1.29, 1.82) is 0 Å². The first-order valence-electron chi connectivity index (χ1n) is 35.5. The van der Waals surface area contributed by atoms with Crippen LogP contribution in [0.2, 0.25) is 0 Å². The van der Waals surface area contributed by atoms with Gasteiger partial charge in [-0.15, -0.1) is 0 Å². The average Bonchev–Trinajstić information content (AvgIpc) is 1.73.